The minimum Gasteiger partial charge on any atom is -0.383 e. The number of nitrogens with one attached hydrogen (secondary N) is 1. The summed E-state index contributed by atoms with van der Waals surface area (Å²) in [5.74, 6) is -0.758. The maximum absolute atomic E-state index is 12.4. The van der Waals surface area contributed by atoms with Crippen molar-refractivity contribution in [1.82, 2.24) is 9.62 Å². The first kappa shape index (κ1) is 17.7. The van der Waals surface area contributed by atoms with Crippen LogP contribution < -0.4 is 4.72 Å². The van der Waals surface area contributed by atoms with E-state index in [4.69, 9.17) is 0 Å². The van der Waals surface area contributed by atoms with Crippen LogP contribution in [-0.2, 0) is 10.0 Å². The molecule has 0 saturated carbocycles. The number of halogens is 3. The predicted molar refractivity (Wildman–Crippen MR) is 68.7 cm³/mol. The van der Waals surface area contributed by atoms with Gasteiger partial charge in [-0.1, -0.05) is 0 Å². The molecule has 1 aliphatic heterocycles. The van der Waals surface area contributed by atoms with Crippen molar-refractivity contribution in [2.45, 2.75) is 32.0 Å². The Morgan fingerprint density at radius 3 is 2.35 bits per heavy atom. The van der Waals surface area contributed by atoms with Gasteiger partial charge < -0.3 is 10.0 Å². The Kier molecular flexibility index (Phi) is 6.24. The number of aliphatic hydroxyl groups is 1. The van der Waals surface area contributed by atoms with Crippen LogP contribution in [-0.4, -0.2) is 62.6 Å². The van der Waals surface area contributed by atoms with Crippen molar-refractivity contribution in [3.8, 4) is 0 Å². The zero-order valence-corrected chi connectivity index (χ0v) is 12.2. The average Bonchev–Trinajstić information content (AvgIpc) is 2.37. The van der Waals surface area contributed by atoms with Gasteiger partial charge in [-0.25, -0.2) is 13.1 Å². The lowest BCUT2D eigenvalue weighted by Gasteiger charge is -2.34. The second-order valence-corrected chi connectivity index (χ2v) is 7.06. The summed E-state index contributed by atoms with van der Waals surface area (Å²) in [5, 5.41) is 9.18. The molecular formula is C11H21F3N2O3S. The average molecular weight is 318 g/mol. The molecule has 1 rings (SSSR count). The van der Waals surface area contributed by atoms with Crippen molar-refractivity contribution >= 4 is 10.0 Å². The van der Waals surface area contributed by atoms with Gasteiger partial charge in [0.05, 0.1) is 5.75 Å². The summed E-state index contributed by atoms with van der Waals surface area (Å²) in [6.07, 6.45) is -6.30. The molecule has 120 valence electrons. The predicted octanol–water partition coefficient (Wildman–Crippen LogP) is 0.561. The van der Waals surface area contributed by atoms with Gasteiger partial charge in [-0.3, -0.25) is 0 Å². The fourth-order valence-electron chi connectivity index (χ4n) is 2.22. The van der Waals surface area contributed by atoms with Crippen molar-refractivity contribution in [3.63, 3.8) is 0 Å². The minimum absolute atomic E-state index is 0.00679. The monoisotopic (exact) mass is 318 g/mol. The Balaban J connectivity index is 2.29. The molecule has 1 aliphatic rings. The molecule has 20 heavy (non-hydrogen) atoms. The molecule has 1 fully saturated rings. The van der Waals surface area contributed by atoms with E-state index in [0.29, 0.717) is 19.6 Å². The number of alkyl halides is 3. The summed E-state index contributed by atoms with van der Waals surface area (Å²) in [6, 6.07) is 0. The van der Waals surface area contributed by atoms with Crippen LogP contribution in [0, 0.1) is 5.92 Å². The lowest BCUT2D eigenvalue weighted by molar-refractivity contribution is -0.223. The topological polar surface area (TPSA) is 69.6 Å². The van der Waals surface area contributed by atoms with E-state index in [-0.39, 0.29) is 25.1 Å². The summed E-state index contributed by atoms with van der Waals surface area (Å²) in [6.45, 7) is 3.13. The number of hydrogen-bond acceptors (Lipinski definition) is 4. The van der Waals surface area contributed by atoms with Gasteiger partial charge in [0.2, 0.25) is 10.0 Å². The Bertz CT molecular complexity index is 392. The van der Waals surface area contributed by atoms with E-state index in [0.717, 1.165) is 0 Å². The summed E-state index contributed by atoms with van der Waals surface area (Å²) in [4.78, 5) is 1.90. The Hall–Kier alpha value is -0.380. The number of aliphatic hydroxyl groups excluding tert-OH is 1. The Morgan fingerprint density at radius 2 is 1.90 bits per heavy atom. The number of sulfonamides is 1. The van der Waals surface area contributed by atoms with Crippen molar-refractivity contribution in [2.24, 2.45) is 5.92 Å². The first-order valence-electron chi connectivity index (χ1n) is 6.60. The van der Waals surface area contributed by atoms with Crippen LogP contribution in [0.4, 0.5) is 13.2 Å². The van der Waals surface area contributed by atoms with Gasteiger partial charge in [0, 0.05) is 13.1 Å². The molecule has 2 N–H and O–H groups in total. The third-order valence-electron chi connectivity index (χ3n) is 3.54. The fraction of sp³-hybridized carbons (Fsp3) is 1.00. The number of nitrogens with zero attached hydrogens (tertiary/aromatic N) is 1. The van der Waals surface area contributed by atoms with Crippen LogP contribution in [0.15, 0.2) is 0 Å². The molecule has 1 saturated heterocycles. The van der Waals surface area contributed by atoms with Gasteiger partial charge in [0.15, 0.2) is 6.10 Å². The van der Waals surface area contributed by atoms with Gasteiger partial charge in [0.25, 0.3) is 0 Å². The number of piperidine rings is 1. The van der Waals surface area contributed by atoms with Crippen LogP contribution in [0.2, 0.25) is 0 Å². The minimum atomic E-state index is -4.57. The van der Waals surface area contributed by atoms with E-state index in [1.165, 1.54) is 6.92 Å². The summed E-state index contributed by atoms with van der Waals surface area (Å²) >= 11 is 0. The van der Waals surface area contributed by atoms with E-state index in [1.807, 2.05) is 4.90 Å². The maximum atomic E-state index is 12.4. The van der Waals surface area contributed by atoms with E-state index in [2.05, 4.69) is 4.72 Å². The molecule has 1 unspecified atom stereocenters. The van der Waals surface area contributed by atoms with Gasteiger partial charge in [-0.2, -0.15) is 13.2 Å². The fourth-order valence-corrected chi connectivity index (χ4v) is 2.83. The second-order valence-electron chi connectivity index (χ2n) is 4.96. The van der Waals surface area contributed by atoms with Crippen molar-refractivity contribution < 1.29 is 26.7 Å². The van der Waals surface area contributed by atoms with Crippen LogP contribution in [0.25, 0.3) is 0 Å². The third kappa shape index (κ3) is 5.55. The molecule has 0 bridgehead atoms. The second kappa shape index (κ2) is 7.06. The number of rotatable bonds is 6. The van der Waals surface area contributed by atoms with Crippen molar-refractivity contribution in [3.05, 3.63) is 0 Å². The molecule has 0 aromatic heterocycles. The van der Waals surface area contributed by atoms with Crippen molar-refractivity contribution in [2.75, 3.05) is 31.9 Å². The molecule has 0 radical (unpaired) electrons. The molecule has 0 aromatic rings. The molecule has 9 heteroatoms. The molecule has 5 nitrogen and oxygen atoms in total. The Labute approximate surface area is 117 Å². The normalized spacial score (nSPS) is 21.1. The highest BCUT2D eigenvalue weighted by Crippen LogP contribution is 2.31. The van der Waals surface area contributed by atoms with Crippen LogP contribution in [0.1, 0.15) is 19.8 Å². The quantitative estimate of drug-likeness (QED) is 0.751. The summed E-state index contributed by atoms with van der Waals surface area (Å²) in [5.41, 5.74) is 0. The van der Waals surface area contributed by atoms with Gasteiger partial charge >= 0.3 is 6.18 Å². The number of likely N-dealkylation sites (tertiary alicyclic amines) is 1. The zero-order valence-electron chi connectivity index (χ0n) is 11.4. The number of hydrogen-bond donors (Lipinski definition) is 2. The van der Waals surface area contributed by atoms with Gasteiger partial charge in [-0.05, 0) is 38.8 Å². The van der Waals surface area contributed by atoms with E-state index < -0.39 is 28.2 Å². The van der Waals surface area contributed by atoms with Gasteiger partial charge in [0.1, 0.15) is 0 Å². The lowest BCUT2D eigenvalue weighted by Crippen LogP contribution is -2.45. The smallest absolute Gasteiger partial charge is 0.383 e. The van der Waals surface area contributed by atoms with E-state index >= 15 is 0 Å². The Morgan fingerprint density at radius 1 is 1.35 bits per heavy atom. The largest absolute Gasteiger partial charge is 0.414 e. The molecule has 1 heterocycles. The summed E-state index contributed by atoms with van der Waals surface area (Å²) < 4.78 is 61.9. The summed E-state index contributed by atoms with van der Waals surface area (Å²) in [7, 11) is -3.23. The highest BCUT2D eigenvalue weighted by Gasteiger charge is 2.44. The van der Waals surface area contributed by atoms with Gasteiger partial charge in [-0.15, -0.1) is 0 Å². The molecule has 1 atom stereocenters. The zero-order chi connectivity index (χ0) is 15.4. The third-order valence-corrected chi connectivity index (χ3v) is 4.95. The van der Waals surface area contributed by atoms with E-state index in [9.17, 15) is 26.7 Å². The first-order chi connectivity index (χ1) is 9.15. The van der Waals surface area contributed by atoms with Crippen LogP contribution in [0.5, 0.6) is 0 Å². The first-order valence-corrected chi connectivity index (χ1v) is 8.25. The van der Waals surface area contributed by atoms with Crippen LogP contribution in [0.3, 0.4) is 0 Å². The molecule has 0 aliphatic carbocycles. The molecule has 0 amide bonds. The van der Waals surface area contributed by atoms with Crippen molar-refractivity contribution in [1.29, 1.82) is 0 Å². The molecule has 0 spiro atoms. The highest BCUT2D eigenvalue weighted by molar-refractivity contribution is 7.89. The van der Waals surface area contributed by atoms with E-state index in [1.54, 1.807) is 0 Å². The molecule has 0 aromatic carbocycles. The lowest BCUT2D eigenvalue weighted by atomic mass is 9.91. The highest BCUT2D eigenvalue weighted by atomic mass is 32.2. The standard InChI is InChI=1S/C11H21F3N2O3S/c1-2-20(18,19)15-5-8-16-6-3-9(4-7-16)10(17)11(12,13)14/h9-10,15,17H,2-8H2,1H3. The molecular weight excluding hydrogens is 297 g/mol. The SMILES string of the molecule is CCS(=O)(=O)NCCN1CCC(C(O)C(F)(F)F)CC1. The van der Waals surface area contributed by atoms with Crippen LogP contribution >= 0.6 is 0 Å². The maximum Gasteiger partial charge on any atom is 0.414 e.